The summed E-state index contributed by atoms with van der Waals surface area (Å²) in [6.07, 6.45) is 5.64. The molecule has 7 nitrogen and oxygen atoms in total. The van der Waals surface area contributed by atoms with Gasteiger partial charge in [-0.1, -0.05) is 39.0 Å². The summed E-state index contributed by atoms with van der Waals surface area (Å²) in [6, 6.07) is 4.08. The number of aryl methyl sites for hydroxylation is 1. The van der Waals surface area contributed by atoms with E-state index in [1.807, 2.05) is 6.92 Å². The summed E-state index contributed by atoms with van der Waals surface area (Å²) < 4.78 is 10.9. The van der Waals surface area contributed by atoms with E-state index in [1.165, 1.54) is 16.6 Å². The van der Waals surface area contributed by atoms with Crippen LogP contribution in [0.25, 0.3) is 11.5 Å². The fourth-order valence-electron chi connectivity index (χ4n) is 4.02. The van der Waals surface area contributed by atoms with Crippen LogP contribution in [0.15, 0.2) is 26.4 Å². The Labute approximate surface area is 195 Å². The van der Waals surface area contributed by atoms with Gasteiger partial charge in [0.05, 0.1) is 23.1 Å². The second-order valence-electron chi connectivity index (χ2n) is 8.70. The number of fused-ring (bicyclic) bond motifs is 1. The van der Waals surface area contributed by atoms with E-state index in [9.17, 15) is 10.1 Å². The molecule has 0 bridgehead atoms. The molecule has 0 saturated heterocycles. The van der Waals surface area contributed by atoms with E-state index >= 15 is 0 Å². The quantitative estimate of drug-likeness (QED) is 0.432. The maximum absolute atomic E-state index is 12.6. The normalized spacial score (nSPS) is 15.9. The van der Waals surface area contributed by atoms with Crippen LogP contribution in [-0.4, -0.2) is 21.9 Å². The minimum atomic E-state index is -0.199. The van der Waals surface area contributed by atoms with Gasteiger partial charge >= 0.3 is 0 Å². The van der Waals surface area contributed by atoms with E-state index in [-0.39, 0.29) is 17.1 Å². The number of aromatic nitrogens is 2. The highest BCUT2D eigenvalue weighted by Crippen LogP contribution is 2.45. The molecule has 0 aliphatic heterocycles. The molecule has 3 aromatic heterocycles. The standard InChI is InChI=1S/C23H26N4O3S2/c1-5-23(3,4)14-6-7-16-17(11-24)21(32-18(16)10-14)25-19(28)12-31-22-27-26-20(30-22)15-8-9-29-13(15)2/h8-9,14H,5-7,10,12H2,1-4H3,(H,25,28). The van der Waals surface area contributed by atoms with Crippen molar-refractivity contribution in [3.05, 3.63) is 34.1 Å². The SMILES string of the molecule is CCC(C)(C)C1CCc2c(sc(NC(=O)CSc3nnc(-c4ccoc4C)o3)c2C#N)C1. The molecule has 1 amide bonds. The number of furan rings is 1. The summed E-state index contributed by atoms with van der Waals surface area (Å²) in [7, 11) is 0. The second-order valence-corrected chi connectivity index (χ2v) is 10.7. The van der Waals surface area contributed by atoms with Crippen molar-refractivity contribution >= 4 is 34.0 Å². The molecular formula is C23H26N4O3S2. The summed E-state index contributed by atoms with van der Waals surface area (Å²) in [6.45, 7) is 8.69. The molecule has 9 heteroatoms. The van der Waals surface area contributed by atoms with Gasteiger partial charge in [0.25, 0.3) is 11.1 Å². The van der Waals surface area contributed by atoms with Crippen LogP contribution in [0.3, 0.4) is 0 Å². The molecule has 1 atom stereocenters. The average molecular weight is 471 g/mol. The number of anilines is 1. The first kappa shape index (κ1) is 22.6. The Balaban J connectivity index is 1.41. The summed E-state index contributed by atoms with van der Waals surface area (Å²) >= 11 is 2.71. The van der Waals surface area contributed by atoms with Crippen molar-refractivity contribution < 1.29 is 13.6 Å². The number of hydrogen-bond donors (Lipinski definition) is 1. The van der Waals surface area contributed by atoms with Gasteiger partial charge in [0.1, 0.15) is 16.8 Å². The van der Waals surface area contributed by atoms with E-state index in [2.05, 4.69) is 42.4 Å². The first-order valence-electron chi connectivity index (χ1n) is 10.7. The van der Waals surface area contributed by atoms with E-state index in [0.29, 0.717) is 33.4 Å². The van der Waals surface area contributed by atoms with Crippen molar-refractivity contribution in [2.45, 2.75) is 58.6 Å². The molecule has 4 rings (SSSR count). The summed E-state index contributed by atoms with van der Waals surface area (Å²) in [5.74, 6) is 1.56. The molecule has 1 aliphatic rings. The molecule has 0 saturated carbocycles. The summed E-state index contributed by atoms with van der Waals surface area (Å²) in [5, 5.41) is 21.6. The third-order valence-corrected chi connectivity index (χ3v) is 8.46. The third-order valence-electron chi connectivity index (χ3n) is 6.47. The predicted octanol–water partition coefficient (Wildman–Crippen LogP) is 5.84. The number of amides is 1. The Bertz CT molecular complexity index is 1170. The van der Waals surface area contributed by atoms with Crippen LogP contribution >= 0.6 is 23.1 Å². The van der Waals surface area contributed by atoms with Crippen LogP contribution in [0.2, 0.25) is 0 Å². The molecule has 32 heavy (non-hydrogen) atoms. The van der Waals surface area contributed by atoms with Crippen LogP contribution in [-0.2, 0) is 17.6 Å². The lowest BCUT2D eigenvalue weighted by atomic mass is 9.69. The van der Waals surface area contributed by atoms with Crippen molar-refractivity contribution in [2.75, 3.05) is 11.1 Å². The Kier molecular flexibility index (Phi) is 6.45. The highest BCUT2D eigenvalue weighted by molar-refractivity contribution is 7.99. The van der Waals surface area contributed by atoms with Gasteiger partial charge in [0, 0.05) is 4.88 Å². The monoisotopic (exact) mass is 470 g/mol. The van der Waals surface area contributed by atoms with Crippen molar-refractivity contribution in [3.63, 3.8) is 0 Å². The molecule has 0 spiro atoms. The lowest BCUT2D eigenvalue weighted by Gasteiger charge is -2.36. The van der Waals surface area contributed by atoms with Gasteiger partial charge in [-0.15, -0.1) is 21.5 Å². The fourth-order valence-corrected chi connectivity index (χ4v) is 5.88. The lowest BCUT2D eigenvalue weighted by Crippen LogP contribution is -2.28. The van der Waals surface area contributed by atoms with E-state index in [4.69, 9.17) is 8.83 Å². The van der Waals surface area contributed by atoms with Crippen molar-refractivity contribution in [1.82, 2.24) is 10.2 Å². The molecule has 0 fully saturated rings. The average Bonchev–Trinajstić information content (AvgIpc) is 3.49. The van der Waals surface area contributed by atoms with Crippen LogP contribution in [0.5, 0.6) is 0 Å². The van der Waals surface area contributed by atoms with Gasteiger partial charge in [0.15, 0.2) is 0 Å². The molecule has 1 aliphatic carbocycles. The number of carbonyl (C=O) groups excluding carboxylic acids is 1. The van der Waals surface area contributed by atoms with Crippen molar-refractivity contribution in [3.8, 4) is 17.5 Å². The fraction of sp³-hybridized carbons (Fsp3) is 0.478. The van der Waals surface area contributed by atoms with Gasteiger partial charge in [-0.25, -0.2) is 0 Å². The number of hydrogen-bond acceptors (Lipinski definition) is 8. The number of thiophene rings is 1. The molecular weight excluding hydrogens is 444 g/mol. The molecule has 0 aromatic carbocycles. The third kappa shape index (κ3) is 4.48. The smallest absolute Gasteiger partial charge is 0.277 e. The number of nitrogens with zero attached hydrogens (tertiary/aromatic N) is 3. The molecule has 3 aromatic rings. The number of rotatable bonds is 7. The molecule has 168 valence electrons. The predicted molar refractivity (Wildman–Crippen MR) is 125 cm³/mol. The maximum atomic E-state index is 12.6. The lowest BCUT2D eigenvalue weighted by molar-refractivity contribution is -0.113. The first-order chi connectivity index (χ1) is 15.3. The second kappa shape index (κ2) is 9.12. The zero-order chi connectivity index (χ0) is 22.9. The highest BCUT2D eigenvalue weighted by atomic mass is 32.2. The molecule has 1 N–H and O–H groups in total. The summed E-state index contributed by atoms with van der Waals surface area (Å²) in [5.41, 5.74) is 2.74. The number of carbonyl (C=O) groups is 1. The Hall–Kier alpha value is -2.57. The van der Waals surface area contributed by atoms with Crippen molar-refractivity contribution in [2.24, 2.45) is 11.3 Å². The van der Waals surface area contributed by atoms with E-state index in [0.717, 1.165) is 36.8 Å². The first-order valence-corrected chi connectivity index (χ1v) is 12.5. The van der Waals surface area contributed by atoms with Crippen LogP contribution in [0.4, 0.5) is 5.00 Å². The van der Waals surface area contributed by atoms with E-state index in [1.54, 1.807) is 23.7 Å². The van der Waals surface area contributed by atoms with Gasteiger partial charge in [-0.05, 0) is 49.1 Å². The van der Waals surface area contributed by atoms with Gasteiger partial charge < -0.3 is 14.2 Å². The largest absolute Gasteiger partial charge is 0.469 e. The van der Waals surface area contributed by atoms with E-state index < -0.39 is 0 Å². The Morgan fingerprint density at radius 1 is 1.44 bits per heavy atom. The van der Waals surface area contributed by atoms with Gasteiger partial charge in [-0.2, -0.15) is 5.26 Å². The Morgan fingerprint density at radius 3 is 2.94 bits per heavy atom. The van der Waals surface area contributed by atoms with Gasteiger partial charge in [-0.3, -0.25) is 4.79 Å². The van der Waals surface area contributed by atoms with Crippen LogP contribution in [0, 0.1) is 29.6 Å². The van der Waals surface area contributed by atoms with Crippen LogP contribution in [0.1, 0.15) is 55.4 Å². The minimum Gasteiger partial charge on any atom is -0.469 e. The zero-order valence-electron chi connectivity index (χ0n) is 18.7. The van der Waals surface area contributed by atoms with Gasteiger partial charge in [0.2, 0.25) is 5.91 Å². The molecule has 3 heterocycles. The number of nitriles is 1. The minimum absolute atomic E-state index is 0.116. The topological polar surface area (TPSA) is 105 Å². The zero-order valence-corrected chi connectivity index (χ0v) is 20.3. The number of thioether (sulfide) groups is 1. The maximum Gasteiger partial charge on any atom is 0.277 e. The molecule has 0 radical (unpaired) electrons. The highest BCUT2D eigenvalue weighted by Gasteiger charge is 2.34. The summed E-state index contributed by atoms with van der Waals surface area (Å²) in [4.78, 5) is 13.8. The van der Waals surface area contributed by atoms with Crippen LogP contribution < -0.4 is 5.32 Å². The van der Waals surface area contributed by atoms with Crippen molar-refractivity contribution in [1.29, 1.82) is 5.26 Å². The Morgan fingerprint density at radius 2 is 2.25 bits per heavy atom. The number of nitrogens with one attached hydrogen (secondary N) is 1. The molecule has 1 unspecified atom stereocenters.